The average Bonchev–Trinajstić information content (AvgIpc) is 2.49. The molecule has 24 heavy (non-hydrogen) atoms. The van der Waals surface area contributed by atoms with Crippen LogP contribution < -0.4 is 5.32 Å². The van der Waals surface area contributed by atoms with E-state index in [2.05, 4.69) is 10.6 Å². The van der Waals surface area contributed by atoms with Crippen molar-refractivity contribution in [3.05, 3.63) is 5.21 Å². The summed E-state index contributed by atoms with van der Waals surface area (Å²) in [5, 5.41) is 55.0. The number of nitrogens with zero attached hydrogens (tertiary/aromatic N) is 3. The number of rotatable bonds is 7. The molecule has 0 spiro atoms. The molecule has 0 aromatic heterocycles. The second-order valence-electron chi connectivity index (χ2n) is 5.08. The normalized spacial score (nSPS) is 30.5. The molecule has 1 rings (SSSR count). The van der Waals surface area contributed by atoms with Gasteiger partial charge in [-0.3, -0.25) is 9.59 Å². The molecule has 138 valence electrons. The number of aliphatic carboxylic acids is 1. The maximum absolute atomic E-state index is 11.5. The zero-order valence-corrected chi connectivity index (χ0v) is 13.0. The molecule has 1 aliphatic rings. The molecule has 5 atom stereocenters. The number of hydrazine groups is 1. The van der Waals surface area contributed by atoms with Gasteiger partial charge in [-0.25, -0.2) is 0 Å². The highest BCUT2D eigenvalue weighted by molar-refractivity contribution is 5.73. The Morgan fingerprint density at radius 3 is 2.54 bits per heavy atom. The quantitative estimate of drug-likeness (QED) is 0.177. The van der Waals surface area contributed by atoms with E-state index in [0.717, 1.165) is 14.0 Å². The van der Waals surface area contributed by atoms with Gasteiger partial charge in [-0.1, -0.05) is 0 Å². The number of carboxylic acid groups (broad SMARTS) is 1. The number of carbonyl (C=O) groups excluding carboxylic acids is 1. The van der Waals surface area contributed by atoms with Gasteiger partial charge in [-0.15, -0.1) is 5.01 Å². The third-order valence-corrected chi connectivity index (χ3v) is 3.13. The fourth-order valence-corrected chi connectivity index (χ4v) is 1.97. The molecule has 1 aliphatic heterocycles. The molecule has 0 aromatic rings. The molecule has 0 radical (unpaired) electrons. The predicted molar refractivity (Wildman–Crippen MR) is 72.8 cm³/mol. The number of aliphatic hydroxyl groups is 3. The maximum atomic E-state index is 11.5. The lowest BCUT2D eigenvalue weighted by Gasteiger charge is -2.40. The van der Waals surface area contributed by atoms with Gasteiger partial charge in [0.25, 0.3) is 6.29 Å². The number of hydrogen-bond donors (Lipinski definition) is 5. The zero-order chi connectivity index (χ0) is 18.4. The molecule has 1 amide bonds. The molecule has 0 saturated carbocycles. The number of hydrogen-bond acceptors (Lipinski definition) is 9. The summed E-state index contributed by atoms with van der Waals surface area (Å²) >= 11 is 0. The fourth-order valence-electron chi connectivity index (χ4n) is 1.97. The van der Waals surface area contributed by atoms with Gasteiger partial charge in [-0.2, -0.15) is 0 Å². The summed E-state index contributed by atoms with van der Waals surface area (Å²) in [5.41, 5.74) is 0. The van der Waals surface area contributed by atoms with Crippen molar-refractivity contribution >= 4 is 11.9 Å². The van der Waals surface area contributed by atoms with E-state index in [1.54, 1.807) is 0 Å². The van der Waals surface area contributed by atoms with Crippen LogP contribution in [0.5, 0.6) is 0 Å². The smallest absolute Gasteiger partial charge is 0.329 e. The summed E-state index contributed by atoms with van der Waals surface area (Å²) in [7, 11) is 1.14. The topological polar surface area (TPSA) is 187 Å². The van der Waals surface area contributed by atoms with Gasteiger partial charge in [0.15, 0.2) is 6.54 Å². The Morgan fingerprint density at radius 1 is 1.42 bits per heavy atom. The van der Waals surface area contributed by atoms with E-state index in [9.17, 15) is 25.0 Å². The zero-order valence-electron chi connectivity index (χ0n) is 13.0. The number of amides is 1. The number of carboxylic acids is 1. The van der Waals surface area contributed by atoms with Gasteiger partial charge in [0.05, 0.1) is 18.6 Å². The second-order valence-corrected chi connectivity index (χ2v) is 5.08. The van der Waals surface area contributed by atoms with Crippen LogP contribution in [0.1, 0.15) is 6.92 Å². The predicted octanol–water partition coefficient (Wildman–Crippen LogP) is -3.24. The van der Waals surface area contributed by atoms with Crippen LogP contribution >= 0.6 is 0 Å². The Kier molecular flexibility index (Phi) is 7.09. The molecule has 1 saturated heterocycles. The van der Waals surface area contributed by atoms with E-state index in [4.69, 9.17) is 19.8 Å². The third-order valence-electron chi connectivity index (χ3n) is 3.13. The highest BCUT2D eigenvalue weighted by Gasteiger charge is 2.46. The molecule has 0 aromatic carbocycles. The van der Waals surface area contributed by atoms with E-state index in [-0.39, 0.29) is 4.97 Å². The molecular weight excluding hydrogens is 332 g/mol. The van der Waals surface area contributed by atoms with Crippen LogP contribution in [0.4, 0.5) is 0 Å². The average molecular weight is 352 g/mol. The van der Waals surface area contributed by atoms with Crippen LogP contribution in [-0.2, 0) is 19.2 Å². The molecule has 1 heterocycles. The van der Waals surface area contributed by atoms with Crippen molar-refractivity contribution in [3.63, 3.8) is 0 Å². The van der Waals surface area contributed by atoms with E-state index in [1.165, 1.54) is 0 Å². The summed E-state index contributed by atoms with van der Waals surface area (Å²) in [6.45, 7) is -0.172. The molecule has 13 heteroatoms. The van der Waals surface area contributed by atoms with Gasteiger partial charge < -0.3 is 40.5 Å². The van der Waals surface area contributed by atoms with Crippen molar-refractivity contribution in [1.29, 1.82) is 0 Å². The van der Waals surface area contributed by atoms with Crippen LogP contribution in [0.25, 0.3) is 0 Å². The number of carbonyl (C=O) groups is 2. The van der Waals surface area contributed by atoms with Gasteiger partial charge in [-0.05, 0) is 0 Å². The van der Waals surface area contributed by atoms with Gasteiger partial charge in [0, 0.05) is 6.92 Å². The van der Waals surface area contributed by atoms with Crippen molar-refractivity contribution in [2.45, 2.75) is 37.6 Å². The molecule has 1 fully saturated rings. The fraction of sp³-hybridized carbons (Fsp3) is 0.818. The number of ether oxygens (including phenoxy) is 1. The summed E-state index contributed by atoms with van der Waals surface area (Å²) in [6.07, 6.45) is -5.80. The molecule has 0 aliphatic carbocycles. The number of nitrogens with one attached hydrogen (secondary N) is 1. The Hall–Kier alpha value is -2.22. The summed E-state index contributed by atoms with van der Waals surface area (Å²) in [5.74, 6) is -1.86. The monoisotopic (exact) mass is 352 g/mol. The minimum atomic E-state index is -1.56. The molecule has 13 nitrogen and oxygen atoms in total. The molecular formula is C11H20N4O9. The highest BCUT2D eigenvalue weighted by Crippen LogP contribution is 2.22. The Bertz CT molecular complexity index is 488. The standard InChI is InChI=1S/C11H20N4O9/c1-5(17)12-8-10(21)9(20)6(4-16)23-11(8)24-13-15(22)14(2)3-7(18)19/h6,8-11,16,20-21H,3-4H2,1-2H3,(H,12,17)(H,18,19)/b15-13-/t6-,8-,9-,10-,11+/m1/s1. The first kappa shape index (κ1) is 19.8. The minimum Gasteiger partial charge on any atom is -0.569 e. The van der Waals surface area contributed by atoms with E-state index in [0.29, 0.717) is 5.01 Å². The lowest BCUT2D eigenvalue weighted by atomic mass is 9.97. The first-order valence-electron chi connectivity index (χ1n) is 6.83. The van der Waals surface area contributed by atoms with Crippen molar-refractivity contribution in [2.24, 2.45) is 5.28 Å². The number of aliphatic hydroxyl groups excluding tert-OH is 3. The minimum absolute atomic E-state index is 0.173. The Labute approximate surface area is 136 Å². The Morgan fingerprint density at radius 2 is 2.04 bits per heavy atom. The van der Waals surface area contributed by atoms with E-state index in [1.807, 2.05) is 0 Å². The highest BCUT2D eigenvalue weighted by atomic mass is 16.8. The van der Waals surface area contributed by atoms with Gasteiger partial charge >= 0.3 is 5.97 Å². The van der Waals surface area contributed by atoms with Crippen molar-refractivity contribution < 1.29 is 44.6 Å². The first-order chi connectivity index (χ1) is 11.2. The van der Waals surface area contributed by atoms with Crippen LogP contribution in [0.3, 0.4) is 0 Å². The second kappa shape index (κ2) is 8.58. The van der Waals surface area contributed by atoms with Crippen molar-refractivity contribution in [1.82, 2.24) is 10.3 Å². The summed E-state index contributed by atoms with van der Waals surface area (Å²) in [6, 6.07) is -1.28. The maximum Gasteiger partial charge on any atom is 0.329 e. The van der Waals surface area contributed by atoms with Gasteiger partial charge in [0.1, 0.15) is 24.4 Å². The van der Waals surface area contributed by atoms with Crippen molar-refractivity contribution in [2.75, 3.05) is 20.2 Å². The third kappa shape index (κ3) is 5.16. The summed E-state index contributed by atoms with van der Waals surface area (Å²) in [4.78, 5) is 26.3. The molecule has 5 N–H and O–H groups in total. The van der Waals surface area contributed by atoms with E-state index >= 15 is 0 Å². The van der Waals surface area contributed by atoms with Crippen molar-refractivity contribution in [3.8, 4) is 0 Å². The first-order valence-corrected chi connectivity index (χ1v) is 6.83. The molecule has 0 bridgehead atoms. The SMILES string of the molecule is CC(=O)N[C@H]1[C@H](O/N=[N+](\[O-])N(C)CC(=O)O)O[C@H](CO)[C@@H](O)[C@@H]1O. The molecule has 0 unspecified atom stereocenters. The Balaban J connectivity index is 2.86. The van der Waals surface area contributed by atoms with Crippen LogP contribution in [-0.4, -0.2) is 93.1 Å². The number of likely N-dealkylation sites (N-methyl/N-ethyl adjacent to an activating group) is 1. The lowest BCUT2D eigenvalue weighted by molar-refractivity contribution is -0.706. The van der Waals surface area contributed by atoms with Gasteiger partial charge in [0.2, 0.25) is 11.2 Å². The van der Waals surface area contributed by atoms with Crippen LogP contribution in [0.2, 0.25) is 0 Å². The lowest BCUT2D eigenvalue weighted by Crippen LogP contribution is -2.64. The van der Waals surface area contributed by atoms with Crippen LogP contribution in [0.15, 0.2) is 5.28 Å². The summed E-state index contributed by atoms with van der Waals surface area (Å²) < 4.78 is 5.15. The van der Waals surface area contributed by atoms with Crippen LogP contribution in [0, 0.1) is 5.21 Å². The largest absolute Gasteiger partial charge is 0.569 e. The van der Waals surface area contributed by atoms with E-state index < -0.39 is 55.7 Å².